The van der Waals surface area contributed by atoms with E-state index in [-0.39, 0.29) is 89.6 Å². The summed E-state index contributed by atoms with van der Waals surface area (Å²) in [6, 6.07) is -0.278. The third kappa shape index (κ3) is 79.7. The van der Waals surface area contributed by atoms with Crippen LogP contribution in [-0.2, 0) is 40.3 Å². The van der Waals surface area contributed by atoms with Crippen molar-refractivity contribution >= 4 is 61.1 Å². The Morgan fingerprint density at radius 1 is 0.577 bits per heavy atom. The van der Waals surface area contributed by atoms with Gasteiger partial charge in [-0.05, 0) is 0 Å². The third-order valence-electron chi connectivity index (χ3n) is 0.500. The second-order valence-corrected chi connectivity index (χ2v) is 7.61. The Hall–Kier alpha value is 4.02. The molecule has 0 rings (SSSR count). The second kappa shape index (κ2) is 33.7. The van der Waals surface area contributed by atoms with Crippen LogP contribution in [0.15, 0.2) is 0 Å². The zero-order valence-electron chi connectivity index (χ0n) is 11.7. The van der Waals surface area contributed by atoms with Crippen LogP contribution in [0.3, 0.4) is 0 Å². The van der Waals surface area contributed by atoms with Gasteiger partial charge in [0.2, 0.25) is 0 Å². The van der Waals surface area contributed by atoms with Crippen LogP contribution < -0.4 is 29.4 Å². The van der Waals surface area contributed by atoms with Crippen LogP contribution >= 0.6 is 61.1 Å². The van der Waals surface area contributed by atoms with Gasteiger partial charge in [0.1, 0.15) is 55.6 Å². The first-order valence-electron chi connectivity index (χ1n) is 4.26. The first-order chi connectivity index (χ1) is 10.8. The molecule has 0 aliphatic carbocycles. The van der Waals surface area contributed by atoms with Gasteiger partial charge < -0.3 is 61.9 Å². The number of hydrogen-bond donors (Lipinski definition) is 1. The minimum absolute atomic E-state index is 0. The Labute approximate surface area is 222 Å². The summed E-state index contributed by atoms with van der Waals surface area (Å²) in [5.74, 6) is 0. The van der Waals surface area contributed by atoms with E-state index in [9.17, 15) is 56.8 Å². The van der Waals surface area contributed by atoms with E-state index in [2.05, 4.69) is 24.5 Å². The molecule has 0 aromatic heterocycles. The standard InChI is InChI=1S/CH3ClO.2Ce.3H4O5P2/c2-1-3;;;3*1-6(2)5-7(3)4/h3H,1H2;;;3*6-7H,(H,1,2)(H,3,4)/q;2*+3;;;/p-6. The molecule has 0 spiro atoms. The van der Waals surface area contributed by atoms with Crippen molar-refractivity contribution in [2.24, 2.45) is 0 Å². The fourth-order valence-corrected chi connectivity index (χ4v) is 1.84. The topological polar surface area (TPSA) is 289 Å². The smallest absolute Gasteiger partial charge is 0.781 e. The van der Waals surface area contributed by atoms with E-state index >= 15 is 0 Å². The van der Waals surface area contributed by atoms with Gasteiger partial charge >= 0.3 is 83.5 Å². The summed E-state index contributed by atoms with van der Waals surface area (Å²) >= 11 is 4.55. The van der Waals surface area contributed by atoms with E-state index in [4.69, 9.17) is 5.11 Å². The maximum atomic E-state index is 9.29. The van der Waals surface area contributed by atoms with Gasteiger partial charge in [0.25, 0.3) is 0 Å². The Bertz CT molecular complexity index is 345. The number of alkyl halides is 1. The van der Waals surface area contributed by atoms with E-state index in [0.29, 0.717) is 0 Å². The van der Waals surface area contributed by atoms with Crippen LogP contribution in [0.1, 0.15) is 0 Å². The van der Waals surface area contributed by atoms with Crippen molar-refractivity contribution < 1.29 is 158 Å². The molecule has 0 aliphatic rings. The molecule has 6 atom stereocenters. The fraction of sp³-hybridized carbons (Fsp3) is 1.00. The zero-order valence-corrected chi connectivity index (χ0v) is 24.7. The third-order valence-corrected chi connectivity index (χ3v) is 4.50. The summed E-state index contributed by atoms with van der Waals surface area (Å²) in [5.41, 5.74) is 0. The van der Waals surface area contributed by atoms with Crippen LogP contribution in [0.25, 0.3) is 0 Å². The van der Waals surface area contributed by atoms with Crippen molar-refractivity contribution in [2.75, 3.05) is 6.07 Å². The molecule has 0 aromatic rings. The number of aliphatic hydroxyl groups is 1. The van der Waals surface area contributed by atoms with Gasteiger partial charge in [-0.3, -0.25) is 12.9 Å². The molecule has 25 heteroatoms. The van der Waals surface area contributed by atoms with Crippen molar-refractivity contribution in [3.8, 4) is 0 Å². The predicted molar refractivity (Wildman–Crippen MR) is 70.2 cm³/mol. The Balaban J connectivity index is -0.0000000517. The molecule has 26 heavy (non-hydrogen) atoms. The van der Waals surface area contributed by atoms with Crippen molar-refractivity contribution in [1.29, 1.82) is 0 Å². The Morgan fingerprint density at radius 2 is 0.654 bits per heavy atom. The molecule has 0 aromatic carbocycles. The molecule has 0 saturated heterocycles. The molecule has 154 valence electrons. The molecule has 0 amide bonds. The Morgan fingerprint density at radius 3 is 0.654 bits per heavy atom. The summed E-state index contributed by atoms with van der Waals surface area (Å²) in [7, 11) is -21.1. The summed E-state index contributed by atoms with van der Waals surface area (Å²) in [6.07, 6.45) is 0. The maximum Gasteiger partial charge on any atom is 3.00 e. The average Bonchev–Trinajstić information content (AvgIpc) is 2.24. The molecule has 2 radical (unpaired) electrons. The molecular formula is CH9Ce2ClO16P6. The van der Waals surface area contributed by atoms with Gasteiger partial charge in [-0.2, -0.15) is 0 Å². The summed E-state index contributed by atoms with van der Waals surface area (Å²) in [6.45, 7) is 0. The second-order valence-electron chi connectivity index (χ2n) is 1.93. The van der Waals surface area contributed by atoms with E-state index < -0.39 is 49.5 Å². The van der Waals surface area contributed by atoms with E-state index in [1.165, 1.54) is 0 Å². The predicted octanol–water partition coefficient (Wildman–Crippen LogP) is -4.32. The van der Waals surface area contributed by atoms with Gasteiger partial charge in [-0.25, -0.2) is 0 Å². The fourth-order valence-electron chi connectivity index (χ4n) is 0.204. The van der Waals surface area contributed by atoms with E-state index in [0.717, 1.165) is 0 Å². The van der Waals surface area contributed by atoms with Crippen molar-refractivity contribution in [1.82, 2.24) is 0 Å². The monoisotopic (exact) mass is 778 g/mol. The van der Waals surface area contributed by atoms with Gasteiger partial charge in [0.05, 0.1) is 0 Å². The van der Waals surface area contributed by atoms with Crippen molar-refractivity contribution in [3.63, 3.8) is 0 Å². The summed E-state index contributed by atoms with van der Waals surface area (Å²) in [5, 5.41) is 7.33. The van der Waals surface area contributed by atoms with Crippen LogP contribution in [-0.4, -0.2) is 11.2 Å². The van der Waals surface area contributed by atoms with Crippen molar-refractivity contribution in [2.45, 2.75) is 0 Å². The van der Waals surface area contributed by atoms with E-state index in [1.807, 2.05) is 0 Å². The Kier molecular flexibility index (Phi) is 56.7. The number of halogens is 1. The molecule has 0 aliphatic heterocycles. The van der Waals surface area contributed by atoms with Gasteiger partial charge in [0.15, 0.2) is 0 Å². The van der Waals surface area contributed by atoms with Crippen LogP contribution in [0, 0.1) is 83.5 Å². The van der Waals surface area contributed by atoms with Crippen molar-refractivity contribution in [3.05, 3.63) is 0 Å². The van der Waals surface area contributed by atoms with Crippen LogP contribution in [0.4, 0.5) is 0 Å². The zero-order chi connectivity index (χ0) is 20.3. The maximum absolute atomic E-state index is 9.29. The summed E-state index contributed by atoms with van der Waals surface area (Å²) in [4.78, 5) is 55.7. The minimum Gasteiger partial charge on any atom is -0.781 e. The SMILES string of the molecule is O=[PH]([O-])O[PH](=O)[O-].O=[PH]([O-])O[PH](=O)[O-].O=[PH]([O-])O[PH](=O)[O-].OCCl.[Ce+3].[Ce+3]. The molecule has 16 nitrogen and oxygen atoms in total. The molecule has 1 N–H and O–H groups in total. The molecule has 0 bridgehead atoms. The average molecular weight is 779 g/mol. The first kappa shape index (κ1) is 43.8. The van der Waals surface area contributed by atoms with Crippen LogP contribution in [0.5, 0.6) is 0 Å². The van der Waals surface area contributed by atoms with Gasteiger partial charge in [-0.1, -0.05) is 11.6 Å². The normalized spacial score (nSPS) is 15.7. The minimum atomic E-state index is -3.51. The first-order valence-corrected chi connectivity index (χ1v) is 12.1. The van der Waals surface area contributed by atoms with E-state index in [1.54, 1.807) is 0 Å². The summed E-state index contributed by atoms with van der Waals surface area (Å²) < 4.78 is 65.4. The van der Waals surface area contributed by atoms with Gasteiger partial charge in [-0.15, -0.1) is 0 Å². The van der Waals surface area contributed by atoms with Crippen LogP contribution in [0.2, 0.25) is 0 Å². The molecular weight excluding hydrogens is 770 g/mol. The molecule has 0 heterocycles. The molecule has 0 fully saturated rings. The number of hydrogen-bond acceptors (Lipinski definition) is 16. The molecule has 0 saturated carbocycles. The molecule has 6 unspecified atom stereocenters. The quantitative estimate of drug-likeness (QED) is 0.197. The number of rotatable bonds is 6. The largest absolute Gasteiger partial charge is 3.00 e. The van der Waals surface area contributed by atoms with Gasteiger partial charge in [0, 0.05) is 0 Å². The number of aliphatic hydroxyl groups excluding tert-OH is 1.